The van der Waals surface area contributed by atoms with E-state index in [1.54, 1.807) is 6.07 Å². The van der Waals surface area contributed by atoms with Gasteiger partial charge in [-0.2, -0.15) is 0 Å². The molecule has 0 aliphatic carbocycles. The second kappa shape index (κ2) is 4.82. The maximum atomic E-state index is 13.3. The molecule has 0 aromatic carbocycles. The molecule has 0 spiro atoms. The molecule has 2 aliphatic heterocycles. The van der Waals surface area contributed by atoms with Crippen LogP contribution in [0.1, 0.15) is 18.4 Å². The van der Waals surface area contributed by atoms with E-state index in [0.717, 1.165) is 37.3 Å². The summed E-state index contributed by atoms with van der Waals surface area (Å²) in [5.41, 5.74) is 0.916. The van der Waals surface area contributed by atoms with E-state index in [9.17, 15) is 4.39 Å². The number of halogens is 1. The second-order valence-corrected chi connectivity index (χ2v) is 5.03. The van der Waals surface area contributed by atoms with E-state index in [1.165, 1.54) is 6.20 Å². The van der Waals surface area contributed by atoms with Crippen molar-refractivity contribution < 1.29 is 9.13 Å². The fraction of sp³-hybridized carbons (Fsp3) is 0.615. The van der Waals surface area contributed by atoms with Crippen LogP contribution in [0.15, 0.2) is 12.3 Å². The van der Waals surface area contributed by atoms with Crippen LogP contribution in [0.5, 0.6) is 0 Å². The Morgan fingerprint density at radius 2 is 2.17 bits per heavy atom. The highest BCUT2D eigenvalue weighted by molar-refractivity contribution is 5.48. The third-order valence-electron chi connectivity index (χ3n) is 3.62. The Morgan fingerprint density at radius 1 is 1.44 bits per heavy atom. The van der Waals surface area contributed by atoms with Gasteiger partial charge in [0.05, 0.1) is 18.4 Å². The van der Waals surface area contributed by atoms with Crippen LogP contribution in [-0.4, -0.2) is 37.3 Å². The fourth-order valence-electron chi connectivity index (χ4n) is 2.87. The molecule has 1 N–H and O–H groups in total. The van der Waals surface area contributed by atoms with E-state index in [4.69, 9.17) is 4.74 Å². The minimum atomic E-state index is -0.278. The average molecular weight is 251 g/mol. The van der Waals surface area contributed by atoms with E-state index in [2.05, 4.69) is 15.2 Å². The summed E-state index contributed by atoms with van der Waals surface area (Å²) in [5.74, 6) is 0.617. The average Bonchev–Trinajstić information content (AvgIpc) is 2.69. The first-order chi connectivity index (χ1) is 8.76. The number of hydrogen-bond donors (Lipinski definition) is 1. The lowest BCUT2D eigenvalue weighted by Gasteiger charge is -2.34. The summed E-state index contributed by atoms with van der Waals surface area (Å²) in [7, 11) is 1.86. The first-order valence-electron chi connectivity index (χ1n) is 6.45. The van der Waals surface area contributed by atoms with Crippen molar-refractivity contribution in [3.05, 3.63) is 23.6 Å². The number of nitrogens with one attached hydrogen (secondary N) is 1. The number of anilines is 1. The van der Waals surface area contributed by atoms with Crippen LogP contribution >= 0.6 is 0 Å². The number of ether oxygens (including phenoxy) is 1. The molecule has 2 saturated heterocycles. The molecular formula is C13H18FN3O. The van der Waals surface area contributed by atoms with Crippen molar-refractivity contribution in [2.75, 3.05) is 25.0 Å². The van der Waals surface area contributed by atoms with Crippen molar-refractivity contribution in [1.82, 2.24) is 10.3 Å². The normalized spacial score (nSPS) is 26.7. The van der Waals surface area contributed by atoms with Crippen molar-refractivity contribution in [3.8, 4) is 0 Å². The van der Waals surface area contributed by atoms with Gasteiger partial charge in [0.25, 0.3) is 0 Å². The van der Waals surface area contributed by atoms with Gasteiger partial charge >= 0.3 is 0 Å². The molecule has 3 heterocycles. The van der Waals surface area contributed by atoms with Crippen LogP contribution in [0.25, 0.3) is 0 Å². The zero-order valence-electron chi connectivity index (χ0n) is 10.5. The lowest BCUT2D eigenvalue weighted by atomic mass is 10.2. The van der Waals surface area contributed by atoms with Gasteiger partial charge in [-0.1, -0.05) is 0 Å². The van der Waals surface area contributed by atoms with Crippen LogP contribution in [0.2, 0.25) is 0 Å². The van der Waals surface area contributed by atoms with E-state index >= 15 is 0 Å². The van der Waals surface area contributed by atoms with Crippen LogP contribution < -0.4 is 10.2 Å². The van der Waals surface area contributed by atoms with Gasteiger partial charge in [0.15, 0.2) is 0 Å². The van der Waals surface area contributed by atoms with E-state index in [-0.39, 0.29) is 5.82 Å². The summed E-state index contributed by atoms with van der Waals surface area (Å²) in [6, 6.07) is 1.57. The number of fused-ring (bicyclic) bond motifs is 2. The summed E-state index contributed by atoms with van der Waals surface area (Å²) in [6.07, 6.45) is 4.19. The summed E-state index contributed by atoms with van der Waals surface area (Å²) in [6.45, 7) is 2.37. The van der Waals surface area contributed by atoms with E-state index in [1.807, 2.05) is 7.05 Å². The highest BCUT2D eigenvalue weighted by Crippen LogP contribution is 2.30. The first-order valence-corrected chi connectivity index (χ1v) is 6.45. The van der Waals surface area contributed by atoms with Crippen molar-refractivity contribution in [1.29, 1.82) is 0 Å². The molecule has 2 unspecified atom stereocenters. The molecule has 0 radical (unpaired) electrons. The SMILES string of the molecule is CNCc1cc(F)cnc1N1CC2CCC(C1)O2. The zero-order chi connectivity index (χ0) is 12.5. The monoisotopic (exact) mass is 251 g/mol. The lowest BCUT2D eigenvalue weighted by molar-refractivity contribution is 0.0301. The highest BCUT2D eigenvalue weighted by atomic mass is 19.1. The minimum absolute atomic E-state index is 0.278. The predicted octanol–water partition coefficient (Wildman–Crippen LogP) is 1.31. The third-order valence-corrected chi connectivity index (χ3v) is 3.62. The number of morpholine rings is 1. The molecule has 3 rings (SSSR count). The summed E-state index contributed by atoms with van der Waals surface area (Å²) >= 11 is 0. The van der Waals surface area contributed by atoms with Crippen LogP contribution in [-0.2, 0) is 11.3 Å². The molecule has 2 aliphatic rings. The molecule has 4 nitrogen and oxygen atoms in total. The molecule has 2 bridgehead atoms. The Bertz CT molecular complexity index is 428. The van der Waals surface area contributed by atoms with Crippen LogP contribution in [0, 0.1) is 5.82 Å². The Kier molecular flexibility index (Phi) is 3.18. The van der Waals surface area contributed by atoms with E-state index in [0.29, 0.717) is 18.8 Å². The molecule has 18 heavy (non-hydrogen) atoms. The lowest BCUT2D eigenvalue weighted by Crippen LogP contribution is -2.43. The first kappa shape index (κ1) is 11.9. The molecule has 0 saturated carbocycles. The Labute approximate surface area is 106 Å². The van der Waals surface area contributed by atoms with Crippen LogP contribution in [0.4, 0.5) is 10.2 Å². The molecule has 0 amide bonds. The van der Waals surface area contributed by atoms with Gasteiger partial charge in [0.1, 0.15) is 11.6 Å². The number of nitrogens with zero attached hydrogens (tertiary/aromatic N) is 2. The van der Waals surface area contributed by atoms with Crippen molar-refractivity contribution in [2.24, 2.45) is 0 Å². The van der Waals surface area contributed by atoms with Gasteiger partial charge in [0, 0.05) is 25.2 Å². The maximum absolute atomic E-state index is 13.3. The van der Waals surface area contributed by atoms with Gasteiger partial charge in [-0.05, 0) is 26.0 Å². The second-order valence-electron chi connectivity index (χ2n) is 5.03. The number of hydrogen-bond acceptors (Lipinski definition) is 4. The largest absolute Gasteiger partial charge is 0.371 e. The quantitative estimate of drug-likeness (QED) is 0.879. The Balaban J connectivity index is 1.86. The molecule has 5 heteroatoms. The van der Waals surface area contributed by atoms with Crippen molar-refractivity contribution in [2.45, 2.75) is 31.6 Å². The smallest absolute Gasteiger partial charge is 0.141 e. The molecule has 1 aromatic heterocycles. The summed E-state index contributed by atoms with van der Waals surface area (Å²) < 4.78 is 19.1. The van der Waals surface area contributed by atoms with E-state index < -0.39 is 0 Å². The molecule has 1 aromatic rings. The van der Waals surface area contributed by atoms with Gasteiger partial charge in [-0.25, -0.2) is 9.37 Å². The van der Waals surface area contributed by atoms with Gasteiger partial charge < -0.3 is 15.0 Å². The Morgan fingerprint density at radius 3 is 2.83 bits per heavy atom. The number of pyridine rings is 1. The highest BCUT2D eigenvalue weighted by Gasteiger charge is 2.34. The van der Waals surface area contributed by atoms with Gasteiger partial charge in [-0.3, -0.25) is 0 Å². The maximum Gasteiger partial charge on any atom is 0.141 e. The molecule has 2 fully saturated rings. The molecule has 98 valence electrons. The fourth-order valence-corrected chi connectivity index (χ4v) is 2.87. The van der Waals surface area contributed by atoms with Crippen molar-refractivity contribution in [3.63, 3.8) is 0 Å². The standard InChI is InChI=1S/C13H18FN3O/c1-15-5-9-4-10(14)6-16-13(9)17-7-11-2-3-12(8-17)18-11/h4,6,11-12,15H,2-3,5,7-8H2,1H3. The zero-order valence-corrected chi connectivity index (χ0v) is 10.5. The third kappa shape index (κ3) is 2.20. The number of rotatable bonds is 3. The summed E-state index contributed by atoms with van der Waals surface area (Å²) in [4.78, 5) is 6.51. The predicted molar refractivity (Wildman–Crippen MR) is 67.1 cm³/mol. The topological polar surface area (TPSA) is 37.4 Å². The molecular weight excluding hydrogens is 233 g/mol. The minimum Gasteiger partial charge on any atom is -0.371 e. The Hall–Kier alpha value is -1.20. The van der Waals surface area contributed by atoms with Crippen LogP contribution in [0.3, 0.4) is 0 Å². The summed E-state index contributed by atoms with van der Waals surface area (Å²) in [5, 5.41) is 3.06. The van der Waals surface area contributed by atoms with Gasteiger partial charge in [-0.15, -0.1) is 0 Å². The van der Waals surface area contributed by atoms with Crippen molar-refractivity contribution >= 4 is 5.82 Å². The molecule has 2 atom stereocenters. The van der Waals surface area contributed by atoms with Gasteiger partial charge in [0.2, 0.25) is 0 Å². The number of aromatic nitrogens is 1.